The molecule has 7 nitrogen and oxygen atoms in total. The second-order valence-corrected chi connectivity index (χ2v) is 6.84. The van der Waals surface area contributed by atoms with Gasteiger partial charge in [0.25, 0.3) is 5.91 Å². The molecule has 1 amide bonds. The first kappa shape index (κ1) is 17.2. The summed E-state index contributed by atoms with van der Waals surface area (Å²) >= 11 is 0. The number of aryl methyl sites for hydroxylation is 1. The SMILES string of the molecule is Cc1ccoc1C(=O)N1CCc2c(nc(-c3ccncc3)nc2N(C)C)C1. The molecule has 1 aliphatic rings. The molecular formula is C20H21N5O2. The van der Waals surface area contributed by atoms with Crippen molar-refractivity contribution in [1.29, 1.82) is 0 Å². The van der Waals surface area contributed by atoms with Crippen LogP contribution in [0.1, 0.15) is 27.4 Å². The Kier molecular flexibility index (Phi) is 4.35. The van der Waals surface area contributed by atoms with Gasteiger partial charge in [0.05, 0.1) is 18.5 Å². The van der Waals surface area contributed by atoms with E-state index in [1.165, 1.54) is 0 Å². The van der Waals surface area contributed by atoms with E-state index in [0.717, 1.165) is 28.2 Å². The first-order chi connectivity index (χ1) is 13.0. The quantitative estimate of drug-likeness (QED) is 0.712. The maximum absolute atomic E-state index is 12.8. The second kappa shape index (κ2) is 6.83. The van der Waals surface area contributed by atoms with Crippen LogP contribution in [0.5, 0.6) is 0 Å². The van der Waals surface area contributed by atoms with Gasteiger partial charge in [0.1, 0.15) is 5.82 Å². The zero-order valence-corrected chi connectivity index (χ0v) is 15.6. The summed E-state index contributed by atoms with van der Waals surface area (Å²) < 4.78 is 5.38. The molecule has 138 valence electrons. The number of anilines is 1. The molecule has 27 heavy (non-hydrogen) atoms. The number of hydrogen-bond donors (Lipinski definition) is 0. The van der Waals surface area contributed by atoms with Gasteiger partial charge in [0.2, 0.25) is 0 Å². The highest BCUT2D eigenvalue weighted by Gasteiger charge is 2.28. The van der Waals surface area contributed by atoms with Gasteiger partial charge in [-0.3, -0.25) is 9.78 Å². The number of furan rings is 1. The largest absolute Gasteiger partial charge is 0.459 e. The number of fused-ring (bicyclic) bond motifs is 1. The van der Waals surface area contributed by atoms with Gasteiger partial charge in [-0.25, -0.2) is 9.97 Å². The van der Waals surface area contributed by atoms with Crippen LogP contribution in [-0.2, 0) is 13.0 Å². The van der Waals surface area contributed by atoms with Crippen LogP contribution in [0, 0.1) is 6.92 Å². The summed E-state index contributed by atoms with van der Waals surface area (Å²) in [7, 11) is 3.95. The number of nitrogens with zero attached hydrogens (tertiary/aromatic N) is 5. The Morgan fingerprint density at radius 1 is 1.19 bits per heavy atom. The minimum Gasteiger partial charge on any atom is -0.459 e. The summed E-state index contributed by atoms with van der Waals surface area (Å²) in [5.41, 5.74) is 3.73. The van der Waals surface area contributed by atoms with Gasteiger partial charge >= 0.3 is 0 Å². The Morgan fingerprint density at radius 2 is 1.96 bits per heavy atom. The summed E-state index contributed by atoms with van der Waals surface area (Å²) in [4.78, 5) is 30.2. The average molecular weight is 363 g/mol. The van der Waals surface area contributed by atoms with Gasteiger partial charge in [0, 0.05) is 49.7 Å². The van der Waals surface area contributed by atoms with E-state index in [1.54, 1.807) is 29.6 Å². The van der Waals surface area contributed by atoms with Crippen molar-refractivity contribution in [2.45, 2.75) is 19.9 Å². The van der Waals surface area contributed by atoms with Gasteiger partial charge < -0.3 is 14.2 Å². The predicted octanol–water partition coefficient (Wildman–Crippen LogP) is 2.70. The molecule has 0 spiro atoms. The molecule has 0 N–H and O–H groups in total. The van der Waals surface area contributed by atoms with Crippen molar-refractivity contribution in [3.05, 3.63) is 59.4 Å². The standard InChI is InChI=1S/C20H21N5O2/c1-13-7-11-27-17(13)20(26)25-10-6-15-16(12-25)22-18(23-19(15)24(2)3)14-4-8-21-9-5-14/h4-5,7-9,11H,6,10,12H2,1-3H3. The monoisotopic (exact) mass is 363 g/mol. The second-order valence-electron chi connectivity index (χ2n) is 6.84. The van der Waals surface area contributed by atoms with Crippen LogP contribution >= 0.6 is 0 Å². The van der Waals surface area contributed by atoms with E-state index in [0.29, 0.717) is 31.1 Å². The zero-order chi connectivity index (χ0) is 19.0. The van der Waals surface area contributed by atoms with E-state index in [9.17, 15) is 4.79 Å². The van der Waals surface area contributed by atoms with Crippen molar-refractivity contribution < 1.29 is 9.21 Å². The molecule has 4 heterocycles. The van der Waals surface area contributed by atoms with E-state index < -0.39 is 0 Å². The first-order valence-electron chi connectivity index (χ1n) is 8.85. The number of carbonyl (C=O) groups excluding carboxylic acids is 1. The molecular weight excluding hydrogens is 342 g/mol. The van der Waals surface area contributed by atoms with Crippen molar-refractivity contribution in [2.75, 3.05) is 25.5 Å². The smallest absolute Gasteiger partial charge is 0.290 e. The van der Waals surface area contributed by atoms with E-state index in [-0.39, 0.29) is 5.91 Å². The zero-order valence-electron chi connectivity index (χ0n) is 15.6. The fourth-order valence-corrected chi connectivity index (χ4v) is 3.32. The third-order valence-corrected chi connectivity index (χ3v) is 4.75. The van der Waals surface area contributed by atoms with Gasteiger partial charge in [-0.15, -0.1) is 0 Å². The number of hydrogen-bond acceptors (Lipinski definition) is 6. The normalized spacial score (nSPS) is 13.4. The molecule has 0 aromatic carbocycles. The number of rotatable bonds is 3. The van der Waals surface area contributed by atoms with E-state index in [2.05, 4.69) is 4.98 Å². The molecule has 0 radical (unpaired) electrons. The van der Waals surface area contributed by atoms with Crippen LogP contribution < -0.4 is 4.90 Å². The topological polar surface area (TPSA) is 75.4 Å². The lowest BCUT2D eigenvalue weighted by atomic mass is 10.0. The van der Waals surface area contributed by atoms with E-state index in [4.69, 9.17) is 14.4 Å². The highest BCUT2D eigenvalue weighted by atomic mass is 16.3. The summed E-state index contributed by atoms with van der Waals surface area (Å²) in [5.74, 6) is 1.84. The number of pyridine rings is 1. The van der Waals surface area contributed by atoms with Crippen molar-refractivity contribution in [3.63, 3.8) is 0 Å². The van der Waals surface area contributed by atoms with Crippen molar-refractivity contribution in [1.82, 2.24) is 19.9 Å². The molecule has 0 atom stereocenters. The summed E-state index contributed by atoms with van der Waals surface area (Å²) in [6, 6.07) is 5.58. The Balaban J connectivity index is 1.72. The van der Waals surface area contributed by atoms with Crippen LogP contribution in [0.15, 0.2) is 41.3 Å². The molecule has 0 bridgehead atoms. The molecule has 0 unspecified atom stereocenters. The molecule has 0 saturated carbocycles. The van der Waals surface area contributed by atoms with Gasteiger partial charge in [0.15, 0.2) is 11.6 Å². The van der Waals surface area contributed by atoms with Gasteiger partial charge in [-0.2, -0.15) is 0 Å². The van der Waals surface area contributed by atoms with Crippen molar-refractivity contribution in [2.24, 2.45) is 0 Å². The van der Waals surface area contributed by atoms with Crippen molar-refractivity contribution in [3.8, 4) is 11.4 Å². The highest BCUT2D eigenvalue weighted by molar-refractivity contribution is 5.93. The molecule has 1 aliphatic heterocycles. The molecule has 7 heteroatoms. The summed E-state index contributed by atoms with van der Waals surface area (Å²) in [6.07, 6.45) is 5.71. The van der Waals surface area contributed by atoms with Gasteiger partial charge in [-0.1, -0.05) is 0 Å². The number of carbonyl (C=O) groups is 1. The Hall–Kier alpha value is -3.22. The van der Waals surface area contributed by atoms with Crippen LogP contribution in [0.25, 0.3) is 11.4 Å². The third-order valence-electron chi connectivity index (χ3n) is 4.75. The molecule has 0 aliphatic carbocycles. The lowest BCUT2D eigenvalue weighted by Gasteiger charge is -2.30. The van der Waals surface area contributed by atoms with Crippen LogP contribution in [0.4, 0.5) is 5.82 Å². The molecule has 0 saturated heterocycles. The van der Waals surface area contributed by atoms with Crippen LogP contribution in [0.2, 0.25) is 0 Å². The Bertz CT molecular complexity index is 981. The lowest BCUT2D eigenvalue weighted by molar-refractivity contribution is 0.0698. The number of aromatic nitrogens is 3. The first-order valence-corrected chi connectivity index (χ1v) is 8.85. The molecule has 3 aromatic heterocycles. The fraction of sp³-hybridized carbons (Fsp3) is 0.300. The lowest BCUT2D eigenvalue weighted by Crippen LogP contribution is -2.37. The van der Waals surface area contributed by atoms with Crippen molar-refractivity contribution >= 4 is 11.7 Å². The fourth-order valence-electron chi connectivity index (χ4n) is 3.32. The number of amides is 1. The molecule has 3 aromatic rings. The third kappa shape index (κ3) is 3.16. The summed E-state index contributed by atoms with van der Waals surface area (Å²) in [6.45, 7) is 2.93. The van der Waals surface area contributed by atoms with Crippen LogP contribution in [-0.4, -0.2) is 46.4 Å². The van der Waals surface area contributed by atoms with Gasteiger partial charge in [-0.05, 0) is 31.5 Å². The van der Waals surface area contributed by atoms with E-state index >= 15 is 0 Å². The minimum absolute atomic E-state index is 0.0985. The average Bonchev–Trinajstić information content (AvgIpc) is 3.12. The predicted molar refractivity (Wildman–Crippen MR) is 101 cm³/mol. The van der Waals surface area contributed by atoms with E-state index in [1.807, 2.05) is 38.1 Å². The van der Waals surface area contributed by atoms with Crippen LogP contribution in [0.3, 0.4) is 0 Å². The molecule has 0 fully saturated rings. The maximum Gasteiger partial charge on any atom is 0.290 e. The highest BCUT2D eigenvalue weighted by Crippen LogP contribution is 2.29. The Morgan fingerprint density at radius 3 is 2.63 bits per heavy atom. The minimum atomic E-state index is -0.0985. The Labute approximate surface area is 157 Å². The summed E-state index contributed by atoms with van der Waals surface area (Å²) in [5, 5.41) is 0. The molecule has 4 rings (SSSR count). The maximum atomic E-state index is 12.8.